The number of hydrogen-bond acceptors (Lipinski definition) is 2. The molecule has 94 valence electrons. The molecule has 3 nitrogen and oxygen atoms in total. The molecule has 1 aliphatic carbocycles. The molecule has 1 aromatic carbocycles. The zero-order valence-electron chi connectivity index (χ0n) is 9.89. The van der Waals surface area contributed by atoms with E-state index in [2.05, 4.69) is 0 Å². The minimum Gasteiger partial charge on any atom is -0.479 e. The van der Waals surface area contributed by atoms with Crippen LogP contribution in [0.5, 0.6) is 0 Å². The number of carboxylic acid groups (broad SMARTS) is 1. The van der Waals surface area contributed by atoms with Crippen molar-refractivity contribution in [2.75, 3.05) is 7.11 Å². The van der Waals surface area contributed by atoms with Crippen LogP contribution in [0.15, 0.2) is 48.3 Å². The van der Waals surface area contributed by atoms with Gasteiger partial charge in [0.15, 0.2) is 0 Å². The lowest BCUT2D eigenvalue weighted by molar-refractivity contribution is -0.158. The van der Waals surface area contributed by atoms with E-state index in [1.165, 1.54) is 7.11 Å². The predicted molar refractivity (Wildman–Crippen MR) is 65.6 cm³/mol. The summed E-state index contributed by atoms with van der Waals surface area (Å²) in [5.74, 6) is -2.10. The van der Waals surface area contributed by atoms with Crippen LogP contribution >= 0.6 is 0 Å². The minimum absolute atomic E-state index is 0.0226. The molecule has 1 aliphatic rings. The van der Waals surface area contributed by atoms with Crippen LogP contribution in [0.25, 0.3) is 5.57 Å². The van der Waals surface area contributed by atoms with E-state index in [1.54, 1.807) is 6.08 Å². The lowest BCUT2D eigenvalue weighted by atomic mass is 9.85. The van der Waals surface area contributed by atoms with Gasteiger partial charge in [0, 0.05) is 13.5 Å². The van der Waals surface area contributed by atoms with Crippen LogP contribution in [0.3, 0.4) is 0 Å². The highest BCUT2D eigenvalue weighted by Crippen LogP contribution is 2.37. The number of halogens is 1. The zero-order valence-corrected chi connectivity index (χ0v) is 9.89. The van der Waals surface area contributed by atoms with Gasteiger partial charge in [-0.25, -0.2) is 9.18 Å². The minimum atomic E-state index is -1.90. The fraction of sp³-hybridized carbons (Fsp3) is 0.214. The predicted octanol–water partition coefficient (Wildman–Crippen LogP) is 2.80. The van der Waals surface area contributed by atoms with Crippen molar-refractivity contribution in [2.45, 2.75) is 12.0 Å². The lowest BCUT2D eigenvalue weighted by Gasteiger charge is -2.29. The van der Waals surface area contributed by atoms with Gasteiger partial charge in [0.2, 0.25) is 5.60 Å². The molecule has 2 rings (SSSR count). The van der Waals surface area contributed by atoms with Crippen molar-refractivity contribution in [3.05, 3.63) is 53.9 Å². The summed E-state index contributed by atoms with van der Waals surface area (Å²) < 4.78 is 18.7. The monoisotopic (exact) mass is 248 g/mol. The van der Waals surface area contributed by atoms with Crippen LogP contribution in [-0.4, -0.2) is 23.8 Å². The van der Waals surface area contributed by atoms with Gasteiger partial charge in [-0.2, -0.15) is 0 Å². The highest BCUT2D eigenvalue weighted by atomic mass is 19.1. The molecule has 4 heteroatoms. The highest BCUT2D eigenvalue weighted by Gasteiger charge is 2.45. The second kappa shape index (κ2) is 4.74. The first-order valence-electron chi connectivity index (χ1n) is 5.51. The number of allylic oxidation sites excluding steroid dienone is 2. The maximum atomic E-state index is 13.8. The van der Waals surface area contributed by atoms with E-state index in [0.717, 1.165) is 17.2 Å². The van der Waals surface area contributed by atoms with E-state index in [1.807, 2.05) is 30.3 Å². The molecule has 0 amide bonds. The molecule has 1 unspecified atom stereocenters. The summed E-state index contributed by atoms with van der Waals surface area (Å²) in [6.07, 6.45) is 2.72. The standard InChI is InChI=1S/C14H13FO3/c1-18-14(13(16)17)9-11(7-8-12(14)15)10-5-3-2-4-6-10/h2-8H,9H2,1H3,(H,16,17). The molecule has 0 spiro atoms. The largest absolute Gasteiger partial charge is 0.479 e. The van der Waals surface area contributed by atoms with E-state index < -0.39 is 17.4 Å². The van der Waals surface area contributed by atoms with Crippen molar-refractivity contribution >= 4 is 11.5 Å². The maximum Gasteiger partial charge on any atom is 0.343 e. The van der Waals surface area contributed by atoms with Crippen LogP contribution in [0.4, 0.5) is 4.39 Å². The molecular weight excluding hydrogens is 235 g/mol. The Morgan fingerprint density at radius 3 is 2.56 bits per heavy atom. The topological polar surface area (TPSA) is 46.5 Å². The fourth-order valence-corrected chi connectivity index (χ4v) is 2.01. The molecule has 0 fully saturated rings. The van der Waals surface area contributed by atoms with Gasteiger partial charge >= 0.3 is 5.97 Å². The van der Waals surface area contributed by atoms with Crippen molar-refractivity contribution in [1.82, 2.24) is 0 Å². The smallest absolute Gasteiger partial charge is 0.343 e. The number of rotatable bonds is 3. The molecule has 0 heterocycles. The maximum absolute atomic E-state index is 13.8. The number of benzene rings is 1. The van der Waals surface area contributed by atoms with Gasteiger partial charge < -0.3 is 9.84 Å². The van der Waals surface area contributed by atoms with Gasteiger partial charge in [-0.1, -0.05) is 36.4 Å². The average molecular weight is 248 g/mol. The van der Waals surface area contributed by atoms with E-state index in [4.69, 9.17) is 4.74 Å². The van der Waals surface area contributed by atoms with E-state index in [9.17, 15) is 14.3 Å². The second-order valence-corrected chi connectivity index (χ2v) is 4.09. The van der Waals surface area contributed by atoms with Crippen molar-refractivity contribution in [2.24, 2.45) is 0 Å². The third kappa shape index (κ3) is 1.95. The summed E-state index contributed by atoms with van der Waals surface area (Å²) in [5.41, 5.74) is -0.301. The van der Waals surface area contributed by atoms with Crippen molar-refractivity contribution < 1.29 is 19.0 Å². The summed E-state index contributed by atoms with van der Waals surface area (Å²) >= 11 is 0. The molecule has 0 saturated carbocycles. The van der Waals surface area contributed by atoms with Gasteiger partial charge in [0.1, 0.15) is 5.83 Å². The Morgan fingerprint density at radius 2 is 2.00 bits per heavy atom. The Kier molecular flexibility index (Phi) is 3.30. The highest BCUT2D eigenvalue weighted by molar-refractivity contribution is 5.86. The van der Waals surface area contributed by atoms with E-state index in [-0.39, 0.29) is 6.42 Å². The number of aliphatic carboxylic acids is 1. The summed E-state index contributed by atoms with van der Waals surface area (Å²) in [6, 6.07) is 9.26. The molecule has 0 bridgehead atoms. The van der Waals surface area contributed by atoms with Crippen LogP contribution in [0, 0.1) is 0 Å². The molecule has 1 N–H and O–H groups in total. The molecular formula is C14H13FO3. The first-order valence-corrected chi connectivity index (χ1v) is 5.51. The molecule has 1 aromatic rings. The summed E-state index contributed by atoms with van der Waals surface area (Å²) in [4.78, 5) is 11.3. The first kappa shape index (κ1) is 12.5. The number of hydrogen-bond donors (Lipinski definition) is 1. The van der Waals surface area contributed by atoms with Crippen molar-refractivity contribution in [1.29, 1.82) is 0 Å². The Balaban J connectivity index is 2.42. The molecule has 18 heavy (non-hydrogen) atoms. The Bertz CT molecular complexity index is 519. The summed E-state index contributed by atoms with van der Waals surface area (Å²) in [6.45, 7) is 0. The van der Waals surface area contributed by atoms with Gasteiger partial charge in [-0.05, 0) is 17.2 Å². The Morgan fingerprint density at radius 1 is 1.33 bits per heavy atom. The van der Waals surface area contributed by atoms with Gasteiger partial charge in [0.25, 0.3) is 0 Å². The molecule has 0 aliphatic heterocycles. The quantitative estimate of drug-likeness (QED) is 0.894. The number of methoxy groups -OCH3 is 1. The normalized spacial score (nSPS) is 23.2. The number of carbonyl (C=O) groups is 1. The van der Waals surface area contributed by atoms with E-state index in [0.29, 0.717) is 0 Å². The van der Waals surface area contributed by atoms with Crippen molar-refractivity contribution in [3.8, 4) is 0 Å². The second-order valence-electron chi connectivity index (χ2n) is 4.09. The molecule has 0 radical (unpaired) electrons. The molecule has 0 saturated heterocycles. The SMILES string of the molecule is COC1(C(=O)O)CC(c2ccccc2)=CC=C1F. The van der Waals surface area contributed by atoms with Crippen molar-refractivity contribution in [3.63, 3.8) is 0 Å². The summed E-state index contributed by atoms with van der Waals surface area (Å²) in [5, 5.41) is 9.19. The van der Waals surface area contributed by atoms with Crippen LogP contribution < -0.4 is 0 Å². The van der Waals surface area contributed by atoms with Gasteiger partial charge in [-0.15, -0.1) is 0 Å². The summed E-state index contributed by atoms with van der Waals surface area (Å²) in [7, 11) is 1.20. The zero-order chi connectivity index (χ0) is 13.2. The number of ether oxygens (including phenoxy) is 1. The Labute approximate surface area is 104 Å². The van der Waals surface area contributed by atoms with Crippen LogP contribution in [0.1, 0.15) is 12.0 Å². The lowest BCUT2D eigenvalue weighted by Crippen LogP contribution is -2.42. The third-order valence-corrected chi connectivity index (χ3v) is 3.09. The van der Waals surface area contributed by atoms with Gasteiger partial charge in [0.05, 0.1) is 0 Å². The molecule has 0 aromatic heterocycles. The fourth-order valence-electron chi connectivity index (χ4n) is 2.01. The van der Waals surface area contributed by atoms with Crippen LogP contribution in [-0.2, 0) is 9.53 Å². The average Bonchev–Trinajstić information content (AvgIpc) is 2.40. The van der Waals surface area contributed by atoms with E-state index >= 15 is 0 Å². The third-order valence-electron chi connectivity index (χ3n) is 3.09. The molecule has 1 atom stereocenters. The number of carboxylic acids is 1. The first-order chi connectivity index (χ1) is 8.60. The Hall–Kier alpha value is -1.94. The van der Waals surface area contributed by atoms with Gasteiger partial charge in [-0.3, -0.25) is 0 Å². The van der Waals surface area contributed by atoms with Crippen LogP contribution in [0.2, 0.25) is 0 Å².